The molecule has 2 heteroatoms. The van der Waals surface area contributed by atoms with Crippen molar-refractivity contribution in [2.24, 2.45) is 0 Å². The van der Waals surface area contributed by atoms with E-state index in [1.54, 1.807) is 0 Å². The largest absolute Gasteiger partial charge is 0.399 e. The number of benzene rings is 3. The van der Waals surface area contributed by atoms with Crippen molar-refractivity contribution in [3.05, 3.63) is 77.9 Å². The minimum Gasteiger partial charge on any atom is -0.399 e. The summed E-state index contributed by atoms with van der Waals surface area (Å²) in [6.07, 6.45) is 0. The molecule has 0 aliphatic heterocycles. The molecule has 1 unspecified atom stereocenters. The molecule has 0 saturated heterocycles. The molecule has 22 heavy (non-hydrogen) atoms. The van der Waals surface area contributed by atoms with Crippen LogP contribution in [0.5, 0.6) is 0 Å². The van der Waals surface area contributed by atoms with Gasteiger partial charge in [0.25, 0.3) is 0 Å². The van der Waals surface area contributed by atoms with Crippen LogP contribution in [0.2, 0.25) is 0 Å². The molecule has 3 aromatic rings. The van der Waals surface area contributed by atoms with Crippen LogP contribution in [0.15, 0.2) is 66.7 Å². The van der Waals surface area contributed by atoms with Crippen LogP contribution in [-0.2, 0) is 0 Å². The fourth-order valence-corrected chi connectivity index (χ4v) is 3.60. The maximum absolute atomic E-state index is 5.98. The van der Waals surface area contributed by atoms with Crippen molar-refractivity contribution in [3.63, 3.8) is 0 Å². The average Bonchev–Trinajstić information content (AvgIpc) is 2.55. The van der Waals surface area contributed by atoms with Gasteiger partial charge in [0.1, 0.15) is 0 Å². The Bertz CT molecular complexity index is 777. The molecular formula is C20H20NP. The number of nitrogen functional groups attached to an aromatic ring is 1. The van der Waals surface area contributed by atoms with Crippen molar-refractivity contribution < 1.29 is 0 Å². The van der Waals surface area contributed by atoms with Crippen LogP contribution in [0.25, 0.3) is 11.1 Å². The van der Waals surface area contributed by atoms with E-state index in [1.165, 1.54) is 32.9 Å². The minimum absolute atomic E-state index is 0.704. The summed E-state index contributed by atoms with van der Waals surface area (Å²) in [6, 6.07) is 23.6. The summed E-state index contributed by atoms with van der Waals surface area (Å²) in [4.78, 5) is 0. The van der Waals surface area contributed by atoms with Gasteiger partial charge in [-0.05, 0) is 52.8 Å². The predicted octanol–water partition coefficient (Wildman–Crippen LogP) is 4.18. The van der Waals surface area contributed by atoms with Crippen LogP contribution in [0.1, 0.15) is 11.1 Å². The molecular weight excluding hydrogens is 285 g/mol. The van der Waals surface area contributed by atoms with Gasteiger partial charge in [-0.25, -0.2) is 0 Å². The van der Waals surface area contributed by atoms with Crippen LogP contribution in [-0.4, -0.2) is 0 Å². The molecule has 0 amide bonds. The molecule has 1 nitrogen and oxygen atoms in total. The summed E-state index contributed by atoms with van der Waals surface area (Å²) in [5, 5.41) is 2.73. The van der Waals surface area contributed by atoms with Gasteiger partial charge in [0, 0.05) is 5.69 Å². The lowest BCUT2D eigenvalue weighted by molar-refractivity contribution is 1.34. The van der Waals surface area contributed by atoms with Crippen LogP contribution < -0.4 is 16.3 Å². The highest BCUT2D eigenvalue weighted by atomic mass is 31.1. The van der Waals surface area contributed by atoms with Crippen molar-refractivity contribution in [3.8, 4) is 11.1 Å². The van der Waals surface area contributed by atoms with Crippen LogP contribution in [0.4, 0.5) is 5.69 Å². The fourth-order valence-electron chi connectivity index (χ4n) is 2.58. The van der Waals surface area contributed by atoms with E-state index < -0.39 is 0 Å². The molecule has 0 fully saturated rings. The van der Waals surface area contributed by atoms with Gasteiger partial charge in [-0.3, -0.25) is 0 Å². The highest BCUT2D eigenvalue weighted by molar-refractivity contribution is 7.55. The lowest BCUT2D eigenvalue weighted by Gasteiger charge is -2.12. The fraction of sp³-hybridized carbons (Fsp3) is 0.100. The van der Waals surface area contributed by atoms with E-state index in [1.807, 2.05) is 6.07 Å². The Morgan fingerprint density at radius 1 is 0.682 bits per heavy atom. The summed E-state index contributed by atoms with van der Waals surface area (Å²) >= 11 is 0. The Kier molecular flexibility index (Phi) is 4.27. The maximum Gasteiger partial charge on any atom is 0.0346 e. The first-order chi connectivity index (χ1) is 10.6. The van der Waals surface area contributed by atoms with E-state index >= 15 is 0 Å². The first kappa shape index (κ1) is 14.8. The lowest BCUT2D eigenvalue weighted by atomic mass is 9.96. The third kappa shape index (κ3) is 3.05. The Hall–Kier alpha value is -2.11. The van der Waals surface area contributed by atoms with Gasteiger partial charge in [0.2, 0.25) is 0 Å². The van der Waals surface area contributed by atoms with Crippen molar-refractivity contribution >= 4 is 24.9 Å². The topological polar surface area (TPSA) is 26.0 Å². The Labute approximate surface area is 134 Å². The molecule has 110 valence electrons. The van der Waals surface area contributed by atoms with Crippen molar-refractivity contribution in [1.29, 1.82) is 0 Å². The van der Waals surface area contributed by atoms with Crippen LogP contribution >= 0.6 is 8.58 Å². The van der Waals surface area contributed by atoms with E-state index in [2.05, 4.69) is 74.5 Å². The first-order valence-corrected chi connectivity index (χ1v) is 8.43. The SMILES string of the molecule is Cc1c(N)ccc(-c2ccc(Pc3ccccc3)cc2)c1C. The molecule has 3 aromatic carbocycles. The Morgan fingerprint density at radius 2 is 1.32 bits per heavy atom. The summed E-state index contributed by atoms with van der Waals surface area (Å²) in [5.74, 6) is 0. The van der Waals surface area contributed by atoms with Crippen LogP contribution in [0, 0.1) is 13.8 Å². The number of hydrogen-bond acceptors (Lipinski definition) is 1. The molecule has 0 aromatic heterocycles. The standard InChI is InChI=1S/C20H20NP/c1-14-15(2)20(21)13-12-19(14)16-8-10-18(11-9-16)22-17-6-4-3-5-7-17/h3-13,22H,21H2,1-2H3. The monoisotopic (exact) mass is 305 g/mol. The quantitative estimate of drug-likeness (QED) is 0.570. The normalized spacial score (nSPS) is 11.2. The number of rotatable bonds is 3. The molecule has 0 heterocycles. The van der Waals surface area contributed by atoms with Crippen molar-refractivity contribution in [2.45, 2.75) is 13.8 Å². The van der Waals surface area contributed by atoms with Gasteiger partial charge in [-0.1, -0.05) is 69.2 Å². The summed E-state index contributed by atoms with van der Waals surface area (Å²) in [6.45, 7) is 4.22. The predicted molar refractivity (Wildman–Crippen MR) is 99.8 cm³/mol. The zero-order valence-electron chi connectivity index (χ0n) is 12.9. The molecule has 0 bridgehead atoms. The van der Waals surface area contributed by atoms with Gasteiger partial charge in [0.15, 0.2) is 0 Å². The zero-order chi connectivity index (χ0) is 15.5. The first-order valence-electron chi connectivity index (χ1n) is 7.43. The number of nitrogens with two attached hydrogens (primary N) is 1. The lowest BCUT2D eigenvalue weighted by Crippen LogP contribution is -2.02. The van der Waals surface area contributed by atoms with E-state index in [9.17, 15) is 0 Å². The third-order valence-electron chi connectivity index (χ3n) is 4.09. The molecule has 1 atom stereocenters. The van der Waals surface area contributed by atoms with E-state index in [4.69, 9.17) is 5.73 Å². The highest BCUT2D eigenvalue weighted by Crippen LogP contribution is 2.28. The Morgan fingerprint density at radius 3 is 2.00 bits per heavy atom. The van der Waals surface area contributed by atoms with Gasteiger partial charge < -0.3 is 5.73 Å². The second-order valence-corrected chi connectivity index (χ2v) is 6.93. The molecule has 0 spiro atoms. The number of anilines is 1. The molecule has 3 rings (SSSR count). The second-order valence-electron chi connectivity index (χ2n) is 5.52. The second kappa shape index (κ2) is 6.34. The van der Waals surface area contributed by atoms with Crippen LogP contribution in [0.3, 0.4) is 0 Å². The smallest absolute Gasteiger partial charge is 0.0346 e. The van der Waals surface area contributed by atoms with Gasteiger partial charge >= 0.3 is 0 Å². The molecule has 0 aliphatic rings. The molecule has 0 aliphatic carbocycles. The molecule has 0 radical (unpaired) electrons. The van der Waals surface area contributed by atoms with Gasteiger partial charge in [-0.2, -0.15) is 0 Å². The van der Waals surface area contributed by atoms with Crippen molar-refractivity contribution in [2.75, 3.05) is 5.73 Å². The van der Waals surface area contributed by atoms with Gasteiger partial charge in [0.05, 0.1) is 0 Å². The van der Waals surface area contributed by atoms with Gasteiger partial charge in [-0.15, -0.1) is 0 Å². The summed E-state index contributed by atoms with van der Waals surface area (Å²) in [7, 11) is 0.704. The van der Waals surface area contributed by atoms with E-state index in [0.717, 1.165) is 5.69 Å². The van der Waals surface area contributed by atoms with E-state index in [-0.39, 0.29) is 0 Å². The van der Waals surface area contributed by atoms with Crippen molar-refractivity contribution in [1.82, 2.24) is 0 Å². The average molecular weight is 305 g/mol. The highest BCUT2D eigenvalue weighted by Gasteiger charge is 2.06. The third-order valence-corrected chi connectivity index (χ3v) is 5.33. The van der Waals surface area contributed by atoms with E-state index in [0.29, 0.717) is 8.58 Å². The zero-order valence-corrected chi connectivity index (χ0v) is 13.9. The molecule has 2 N–H and O–H groups in total. The number of hydrogen-bond donors (Lipinski definition) is 1. The summed E-state index contributed by atoms with van der Waals surface area (Å²) < 4.78 is 0. The molecule has 0 saturated carbocycles. The maximum atomic E-state index is 5.98. The Balaban J connectivity index is 1.87. The minimum atomic E-state index is 0.704. The summed E-state index contributed by atoms with van der Waals surface area (Å²) in [5.41, 5.74) is 11.8.